The third kappa shape index (κ3) is 1.96. The van der Waals surface area contributed by atoms with Crippen LogP contribution >= 0.6 is 0 Å². The van der Waals surface area contributed by atoms with Gasteiger partial charge in [-0.3, -0.25) is 0 Å². The summed E-state index contributed by atoms with van der Waals surface area (Å²) in [6.45, 7) is 6.02. The van der Waals surface area contributed by atoms with Gasteiger partial charge >= 0.3 is 0 Å². The van der Waals surface area contributed by atoms with Crippen LogP contribution in [0.15, 0.2) is 59.4 Å². The highest BCUT2D eigenvalue weighted by atomic mass is 16.5. The van der Waals surface area contributed by atoms with E-state index in [0.717, 1.165) is 12.2 Å². The van der Waals surface area contributed by atoms with E-state index < -0.39 is 0 Å². The van der Waals surface area contributed by atoms with E-state index in [4.69, 9.17) is 4.74 Å². The first-order valence-corrected chi connectivity index (χ1v) is 5.20. The summed E-state index contributed by atoms with van der Waals surface area (Å²) < 4.78 is 5.24. The Morgan fingerprint density at radius 2 is 2.13 bits per heavy atom. The molecule has 0 saturated heterocycles. The first-order valence-electron chi connectivity index (χ1n) is 5.20. The molecule has 0 bridgehead atoms. The predicted molar refractivity (Wildman–Crippen MR) is 63.3 cm³/mol. The third-order valence-electron chi connectivity index (χ3n) is 2.73. The van der Waals surface area contributed by atoms with Crippen molar-refractivity contribution >= 4 is 0 Å². The lowest BCUT2D eigenvalue weighted by molar-refractivity contribution is 0.305. The van der Waals surface area contributed by atoms with Gasteiger partial charge in [0.2, 0.25) is 0 Å². The van der Waals surface area contributed by atoms with Crippen molar-refractivity contribution in [3.05, 3.63) is 59.4 Å². The number of ether oxygens (including phenoxy) is 1. The summed E-state index contributed by atoms with van der Waals surface area (Å²) in [6.07, 6.45) is 11.7. The van der Waals surface area contributed by atoms with E-state index in [1.807, 2.05) is 6.08 Å². The Bertz CT molecular complexity index is 405. The topological polar surface area (TPSA) is 9.23 Å². The fourth-order valence-corrected chi connectivity index (χ4v) is 2.00. The Kier molecular flexibility index (Phi) is 2.63. The van der Waals surface area contributed by atoms with Crippen LogP contribution in [0.3, 0.4) is 0 Å². The molecule has 0 aromatic carbocycles. The Hall–Kier alpha value is -1.50. The summed E-state index contributed by atoms with van der Waals surface area (Å²) in [7, 11) is 1.71. The van der Waals surface area contributed by atoms with E-state index in [1.165, 1.54) is 16.7 Å². The summed E-state index contributed by atoms with van der Waals surface area (Å²) >= 11 is 0. The summed E-state index contributed by atoms with van der Waals surface area (Å²) in [5.41, 5.74) is 3.92. The standard InChI is InChI=1S/C14H16O/c1-10(2)8-12-5-4-11-6-7-13(15-3)9-14(11)12/h4-7,9,11H,1,8H2,2-3H3. The molecule has 2 rings (SSSR count). The molecular formula is C14H16O. The number of hydrogen-bond donors (Lipinski definition) is 0. The highest BCUT2D eigenvalue weighted by Crippen LogP contribution is 2.34. The normalized spacial score (nSPS) is 22.8. The van der Waals surface area contributed by atoms with Gasteiger partial charge in [0, 0.05) is 5.92 Å². The molecule has 1 atom stereocenters. The lowest BCUT2D eigenvalue weighted by Gasteiger charge is -2.14. The molecule has 0 saturated carbocycles. The van der Waals surface area contributed by atoms with Gasteiger partial charge in [0.25, 0.3) is 0 Å². The van der Waals surface area contributed by atoms with E-state index >= 15 is 0 Å². The minimum Gasteiger partial charge on any atom is -0.497 e. The number of methoxy groups -OCH3 is 1. The summed E-state index contributed by atoms with van der Waals surface area (Å²) in [5, 5.41) is 0. The van der Waals surface area contributed by atoms with Gasteiger partial charge in [0.15, 0.2) is 0 Å². The first kappa shape index (κ1) is 10.0. The fraction of sp³-hybridized carbons (Fsp3) is 0.286. The highest BCUT2D eigenvalue weighted by molar-refractivity contribution is 5.51. The maximum Gasteiger partial charge on any atom is 0.118 e. The van der Waals surface area contributed by atoms with Crippen LogP contribution in [-0.2, 0) is 4.74 Å². The zero-order chi connectivity index (χ0) is 10.8. The van der Waals surface area contributed by atoms with Crippen molar-refractivity contribution in [3.63, 3.8) is 0 Å². The Morgan fingerprint density at radius 3 is 2.80 bits per heavy atom. The van der Waals surface area contributed by atoms with Gasteiger partial charge in [0.05, 0.1) is 7.11 Å². The highest BCUT2D eigenvalue weighted by Gasteiger charge is 2.19. The lowest BCUT2D eigenvalue weighted by Crippen LogP contribution is -2.00. The molecule has 0 aromatic heterocycles. The molecule has 0 amide bonds. The molecule has 0 fully saturated rings. The maximum atomic E-state index is 5.24. The van der Waals surface area contributed by atoms with Crippen LogP contribution in [0.4, 0.5) is 0 Å². The molecule has 2 aliphatic carbocycles. The number of fused-ring (bicyclic) bond motifs is 1. The summed E-state index contributed by atoms with van der Waals surface area (Å²) in [4.78, 5) is 0. The maximum absolute atomic E-state index is 5.24. The molecule has 2 aliphatic rings. The zero-order valence-electron chi connectivity index (χ0n) is 9.29. The van der Waals surface area contributed by atoms with Crippen molar-refractivity contribution in [1.29, 1.82) is 0 Å². The van der Waals surface area contributed by atoms with Crippen molar-refractivity contribution in [3.8, 4) is 0 Å². The minimum absolute atomic E-state index is 0.443. The van der Waals surface area contributed by atoms with Crippen LogP contribution in [-0.4, -0.2) is 7.11 Å². The molecule has 1 nitrogen and oxygen atoms in total. The molecule has 1 heteroatoms. The molecule has 0 N–H and O–H groups in total. The molecule has 0 aromatic rings. The number of rotatable bonds is 3. The van der Waals surface area contributed by atoms with Gasteiger partial charge in [-0.2, -0.15) is 0 Å². The van der Waals surface area contributed by atoms with E-state index in [-0.39, 0.29) is 0 Å². The van der Waals surface area contributed by atoms with Gasteiger partial charge in [-0.1, -0.05) is 30.4 Å². The van der Waals surface area contributed by atoms with Crippen molar-refractivity contribution in [2.24, 2.45) is 5.92 Å². The average Bonchev–Trinajstić information content (AvgIpc) is 2.60. The van der Waals surface area contributed by atoms with Crippen LogP contribution in [0.1, 0.15) is 13.3 Å². The van der Waals surface area contributed by atoms with Crippen molar-refractivity contribution in [2.75, 3.05) is 7.11 Å². The molecule has 0 heterocycles. The summed E-state index contributed by atoms with van der Waals surface area (Å²) in [6, 6.07) is 0. The van der Waals surface area contributed by atoms with Crippen LogP contribution in [0.2, 0.25) is 0 Å². The van der Waals surface area contributed by atoms with E-state index in [0.29, 0.717) is 5.92 Å². The van der Waals surface area contributed by atoms with E-state index in [2.05, 4.69) is 37.8 Å². The molecule has 78 valence electrons. The van der Waals surface area contributed by atoms with Gasteiger partial charge in [-0.05, 0) is 36.6 Å². The van der Waals surface area contributed by atoms with Crippen molar-refractivity contribution in [2.45, 2.75) is 13.3 Å². The van der Waals surface area contributed by atoms with Crippen LogP contribution in [0.25, 0.3) is 0 Å². The van der Waals surface area contributed by atoms with E-state index in [9.17, 15) is 0 Å². The SMILES string of the molecule is C=C(C)CC1=C2C=C(OC)C=CC2C=C1. The first-order chi connectivity index (χ1) is 7.20. The quantitative estimate of drug-likeness (QED) is 0.633. The van der Waals surface area contributed by atoms with Crippen molar-refractivity contribution < 1.29 is 4.74 Å². The molecule has 0 spiro atoms. The minimum atomic E-state index is 0.443. The van der Waals surface area contributed by atoms with Crippen LogP contribution in [0.5, 0.6) is 0 Å². The number of hydrogen-bond acceptors (Lipinski definition) is 1. The second-order valence-corrected chi connectivity index (χ2v) is 4.11. The van der Waals surface area contributed by atoms with Crippen LogP contribution < -0.4 is 0 Å². The monoisotopic (exact) mass is 200 g/mol. The second kappa shape index (κ2) is 3.93. The van der Waals surface area contributed by atoms with E-state index in [1.54, 1.807) is 7.11 Å². The van der Waals surface area contributed by atoms with Gasteiger partial charge in [-0.15, -0.1) is 0 Å². The Morgan fingerprint density at radius 1 is 1.40 bits per heavy atom. The average molecular weight is 200 g/mol. The molecule has 0 radical (unpaired) electrons. The van der Waals surface area contributed by atoms with Crippen molar-refractivity contribution in [1.82, 2.24) is 0 Å². The number of allylic oxidation sites excluding steroid dienone is 8. The zero-order valence-corrected chi connectivity index (χ0v) is 9.29. The summed E-state index contributed by atoms with van der Waals surface area (Å²) in [5.74, 6) is 1.38. The molecular weight excluding hydrogens is 184 g/mol. The largest absolute Gasteiger partial charge is 0.497 e. The van der Waals surface area contributed by atoms with Gasteiger partial charge < -0.3 is 4.74 Å². The lowest BCUT2D eigenvalue weighted by atomic mass is 9.93. The fourth-order valence-electron chi connectivity index (χ4n) is 2.00. The smallest absolute Gasteiger partial charge is 0.118 e. The Balaban J connectivity index is 2.30. The Labute approximate surface area is 91.1 Å². The molecule has 1 unspecified atom stereocenters. The van der Waals surface area contributed by atoms with Gasteiger partial charge in [-0.25, -0.2) is 0 Å². The molecule has 15 heavy (non-hydrogen) atoms. The second-order valence-electron chi connectivity index (χ2n) is 4.11. The predicted octanol–water partition coefficient (Wildman–Crippen LogP) is 3.54. The van der Waals surface area contributed by atoms with Crippen LogP contribution in [0, 0.1) is 5.92 Å². The van der Waals surface area contributed by atoms with Gasteiger partial charge in [0.1, 0.15) is 5.76 Å². The molecule has 0 aliphatic heterocycles. The third-order valence-corrected chi connectivity index (χ3v) is 2.73.